The molecule has 1 aromatic carbocycles. The van der Waals surface area contributed by atoms with Gasteiger partial charge in [0.2, 0.25) is 0 Å². The molecule has 2 bridgehead atoms. The molecule has 1 amide bonds. The third-order valence-electron chi connectivity index (χ3n) is 5.51. The lowest BCUT2D eigenvalue weighted by molar-refractivity contribution is 0.0673. The molecule has 4 rings (SSSR count). The van der Waals surface area contributed by atoms with Gasteiger partial charge < -0.3 is 15.0 Å². The Hall–Kier alpha value is -2.08. The molecule has 2 aliphatic rings. The predicted octanol–water partition coefficient (Wildman–Crippen LogP) is 2.95. The number of piperidine rings is 2. The van der Waals surface area contributed by atoms with E-state index in [0.29, 0.717) is 5.69 Å². The Morgan fingerprint density at radius 2 is 1.88 bits per heavy atom. The lowest BCUT2D eigenvalue weighted by Gasteiger charge is -2.43. The van der Waals surface area contributed by atoms with Crippen molar-refractivity contribution in [1.29, 1.82) is 0 Å². The van der Waals surface area contributed by atoms with E-state index in [1.807, 2.05) is 6.07 Å². The summed E-state index contributed by atoms with van der Waals surface area (Å²) < 4.78 is 5.07. The number of amides is 1. The van der Waals surface area contributed by atoms with Crippen molar-refractivity contribution in [3.63, 3.8) is 0 Å². The number of hydrogen-bond donors (Lipinski definition) is 2. The average Bonchev–Trinajstić information content (AvgIpc) is 3.04. The van der Waals surface area contributed by atoms with Crippen molar-refractivity contribution in [2.24, 2.45) is 0 Å². The number of aromatic amines is 1. The molecule has 0 atom stereocenters. The number of carbonyl (C=O) groups is 1. The van der Waals surface area contributed by atoms with Gasteiger partial charge in [-0.3, -0.25) is 9.89 Å². The summed E-state index contributed by atoms with van der Waals surface area (Å²) in [5.74, 6) is 0.529. The Bertz CT molecular complexity index is 705. The van der Waals surface area contributed by atoms with Gasteiger partial charge in [0.25, 0.3) is 5.91 Å². The lowest BCUT2D eigenvalue weighted by Crippen LogP contribution is -2.46. The zero-order valence-electron chi connectivity index (χ0n) is 15.3. The van der Waals surface area contributed by atoms with Crippen LogP contribution < -0.4 is 10.1 Å². The molecule has 2 saturated heterocycles. The number of H-pyrrole nitrogens is 1. The highest BCUT2D eigenvalue weighted by Gasteiger charge is 2.30. The van der Waals surface area contributed by atoms with Crippen molar-refractivity contribution in [2.45, 2.75) is 50.6 Å². The van der Waals surface area contributed by atoms with Gasteiger partial charge in [-0.05, 0) is 44.9 Å². The van der Waals surface area contributed by atoms with E-state index in [0.717, 1.165) is 28.7 Å². The number of hydrogen-bond acceptors (Lipinski definition) is 4. The number of aromatic nitrogens is 2. The van der Waals surface area contributed by atoms with Crippen LogP contribution in [0.15, 0.2) is 18.2 Å². The summed E-state index contributed by atoms with van der Waals surface area (Å²) in [4.78, 5) is 14.0. The van der Waals surface area contributed by atoms with Gasteiger partial charge in [-0.1, -0.05) is 12.8 Å². The monoisotopic (exact) mass is 344 g/mol. The van der Waals surface area contributed by atoms with Crippen LogP contribution in [0.4, 0.5) is 0 Å². The van der Waals surface area contributed by atoms with Gasteiger partial charge in [0.15, 0.2) is 5.69 Å². The van der Waals surface area contributed by atoms with Crippen LogP contribution in [0.25, 0.3) is 10.9 Å². The van der Waals surface area contributed by atoms with Crippen molar-refractivity contribution in [1.82, 2.24) is 20.4 Å². The highest BCUT2D eigenvalue weighted by molar-refractivity contribution is 6.04. The zero-order chi connectivity index (χ0) is 17.8. The second-order valence-electron chi connectivity index (χ2n) is 6.90. The van der Waals surface area contributed by atoms with E-state index >= 15 is 0 Å². The van der Waals surface area contributed by atoms with Crippen LogP contribution in [0.2, 0.25) is 0 Å². The Morgan fingerprint density at radius 1 is 1.24 bits per heavy atom. The standard InChI is InChI=1S/C10H11N3O2.C9H17N/c1-11-10(14)9-7-4-3-6(15-2)5-8(7)12-13-9;1-10-8-4-2-5-9(10)7-3-6-8/h3-5H,1-2H3,(H,11,14)(H,12,13);8-9H,2-7H2,1H3. The fraction of sp³-hybridized carbons (Fsp3) is 0.579. The number of methoxy groups -OCH3 is 1. The summed E-state index contributed by atoms with van der Waals surface area (Å²) in [5.41, 5.74) is 1.18. The van der Waals surface area contributed by atoms with Gasteiger partial charge in [0.05, 0.1) is 12.6 Å². The molecule has 0 aliphatic carbocycles. The topological polar surface area (TPSA) is 70.2 Å². The van der Waals surface area contributed by atoms with Gasteiger partial charge in [0.1, 0.15) is 5.75 Å². The number of carbonyl (C=O) groups excluding carboxylic acids is 1. The summed E-state index contributed by atoms with van der Waals surface area (Å²) in [7, 11) is 5.48. The molecule has 25 heavy (non-hydrogen) atoms. The van der Waals surface area contributed by atoms with Crippen LogP contribution in [0, 0.1) is 0 Å². The van der Waals surface area contributed by atoms with Crippen molar-refractivity contribution in [3.05, 3.63) is 23.9 Å². The van der Waals surface area contributed by atoms with Crippen LogP contribution in [-0.2, 0) is 0 Å². The molecule has 2 N–H and O–H groups in total. The van der Waals surface area contributed by atoms with Crippen molar-refractivity contribution in [3.8, 4) is 5.75 Å². The van der Waals surface area contributed by atoms with Crippen molar-refractivity contribution < 1.29 is 9.53 Å². The minimum absolute atomic E-state index is 0.202. The summed E-state index contributed by atoms with van der Waals surface area (Å²) in [6, 6.07) is 7.31. The largest absolute Gasteiger partial charge is 0.497 e. The fourth-order valence-electron chi connectivity index (χ4n) is 4.00. The second kappa shape index (κ2) is 7.87. The van der Waals surface area contributed by atoms with Gasteiger partial charge in [-0.15, -0.1) is 0 Å². The van der Waals surface area contributed by atoms with Crippen LogP contribution >= 0.6 is 0 Å². The van der Waals surface area contributed by atoms with Crippen molar-refractivity contribution in [2.75, 3.05) is 21.2 Å². The minimum Gasteiger partial charge on any atom is -0.497 e. The number of benzene rings is 1. The molecule has 136 valence electrons. The van der Waals surface area contributed by atoms with Gasteiger partial charge in [-0.2, -0.15) is 5.10 Å². The van der Waals surface area contributed by atoms with Gasteiger partial charge >= 0.3 is 0 Å². The number of ether oxygens (including phenoxy) is 1. The maximum atomic E-state index is 11.4. The number of rotatable bonds is 2. The number of nitrogens with zero attached hydrogens (tertiary/aromatic N) is 2. The predicted molar refractivity (Wildman–Crippen MR) is 99.1 cm³/mol. The Labute approximate surface area is 148 Å². The number of nitrogens with one attached hydrogen (secondary N) is 2. The Kier molecular flexibility index (Phi) is 5.58. The van der Waals surface area contributed by atoms with E-state index in [9.17, 15) is 4.79 Å². The molecule has 6 heteroatoms. The molecule has 1 aromatic heterocycles. The minimum atomic E-state index is -0.202. The van der Waals surface area contributed by atoms with E-state index < -0.39 is 0 Å². The third kappa shape index (κ3) is 3.79. The molecule has 0 spiro atoms. The summed E-state index contributed by atoms with van der Waals surface area (Å²) in [6.45, 7) is 0. The quantitative estimate of drug-likeness (QED) is 0.879. The molecule has 0 saturated carbocycles. The van der Waals surface area contributed by atoms with E-state index in [1.165, 1.54) is 38.5 Å². The molecule has 2 aliphatic heterocycles. The van der Waals surface area contributed by atoms with E-state index in [4.69, 9.17) is 4.74 Å². The first-order valence-corrected chi connectivity index (χ1v) is 9.10. The molecule has 0 radical (unpaired) electrons. The SMILES string of the molecule is CN1C2CCCC1CCC2.CNC(=O)c1n[nH]c2cc(OC)ccc12. The maximum Gasteiger partial charge on any atom is 0.272 e. The molecule has 2 fully saturated rings. The lowest BCUT2D eigenvalue weighted by atomic mass is 9.85. The zero-order valence-corrected chi connectivity index (χ0v) is 15.3. The fourth-order valence-corrected chi connectivity index (χ4v) is 4.00. The molecule has 3 heterocycles. The first-order valence-electron chi connectivity index (χ1n) is 9.10. The Balaban J connectivity index is 0.000000157. The Morgan fingerprint density at radius 3 is 2.40 bits per heavy atom. The molecule has 0 unspecified atom stereocenters. The second-order valence-corrected chi connectivity index (χ2v) is 6.90. The van der Waals surface area contributed by atoms with E-state index in [2.05, 4.69) is 27.5 Å². The van der Waals surface area contributed by atoms with Crippen LogP contribution in [0.3, 0.4) is 0 Å². The third-order valence-corrected chi connectivity index (χ3v) is 5.51. The average molecular weight is 344 g/mol. The normalized spacial score (nSPS) is 22.8. The molecular formula is C19H28N4O2. The summed E-state index contributed by atoms with van der Waals surface area (Å²) in [6.07, 6.45) is 8.83. The maximum absolute atomic E-state index is 11.4. The highest BCUT2D eigenvalue weighted by Crippen LogP contribution is 2.31. The van der Waals surface area contributed by atoms with E-state index in [1.54, 1.807) is 26.3 Å². The highest BCUT2D eigenvalue weighted by atomic mass is 16.5. The first kappa shape index (κ1) is 17.7. The molecular weight excluding hydrogens is 316 g/mol. The summed E-state index contributed by atoms with van der Waals surface area (Å²) >= 11 is 0. The smallest absolute Gasteiger partial charge is 0.272 e. The first-order chi connectivity index (χ1) is 12.1. The van der Waals surface area contributed by atoms with Gasteiger partial charge in [-0.25, -0.2) is 0 Å². The number of fused-ring (bicyclic) bond motifs is 3. The van der Waals surface area contributed by atoms with E-state index in [-0.39, 0.29) is 5.91 Å². The van der Waals surface area contributed by atoms with Crippen molar-refractivity contribution >= 4 is 16.8 Å². The molecule has 6 nitrogen and oxygen atoms in total. The van der Waals surface area contributed by atoms with Gasteiger partial charge in [0, 0.05) is 30.6 Å². The summed E-state index contributed by atoms with van der Waals surface area (Å²) in [5, 5.41) is 10.1. The van der Waals surface area contributed by atoms with Crippen LogP contribution in [-0.4, -0.2) is 54.3 Å². The van der Waals surface area contributed by atoms with Crippen LogP contribution in [0.1, 0.15) is 49.0 Å². The molecule has 2 aromatic rings. The van der Waals surface area contributed by atoms with Crippen LogP contribution in [0.5, 0.6) is 5.75 Å².